The number of aromatic nitrogens is 3. The monoisotopic (exact) mass is 538 g/mol. The maximum Gasteiger partial charge on any atom is 0.416 e. The molecule has 0 saturated heterocycles. The van der Waals surface area contributed by atoms with Crippen LogP contribution >= 0.6 is 11.6 Å². The summed E-state index contributed by atoms with van der Waals surface area (Å²) in [6.07, 6.45) is -6.35. The number of nitrogens with one attached hydrogen (secondary N) is 1. The van der Waals surface area contributed by atoms with Gasteiger partial charge < -0.3 is 5.11 Å². The molecule has 1 unspecified atom stereocenters. The van der Waals surface area contributed by atoms with Crippen LogP contribution in [0, 0.1) is 11.6 Å². The van der Waals surface area contributed by atoms with Gasteiger partial charge in [0.1, 0.15) is 17.9 Å². The van der Waals surface area contributed by atoms with Gasteiger partial charge in [0.15, 0.2) is 5.82 Å². The van der Waals surface area contributed by atoms with Crippen LogP contribution in [0.1, 0.15) is 16.7 Å². The third-order valence-electron chi connectivity index (χ3n) is 5.60. The average Bonchev–Trinajstić information content (AvgIpc) is 3.14. The predicted molar refractivity (Wildman–Crippen MR) is 127 cm³/mol. The Balaban J connectivity index is 1.61. The molecular weight excluding hydrogens is 519 g/mol. The number of nitrogens with zero attached hydrogens (tertiary/aromatic N) is 3. The van der Waals surface area contributed by atoms with Gasteiger partial charge in [0.05, 0.1) is 18.7 Å². The standard InChI is InChI=1S/C25H20ClF5N4O2/c26-17-10-8-15(9-11-17)23-33-35(24(37)34(23)13-16-4-1-2-6-20(16)27)14-22(36)32-12-18-19(25(29,30)31)5-3-7-21(18)28/h1-11,22,32,36H,12-14H2. The van der Waals surface area contributed by atoms with Crippen molar-refractivity contribution in [2.75, 3.05) is 0 Å². The normalized spacial score (nSPS) is 12.6. The van der Waals surface area contributed by atoms with Crippen molar-refractivity contribution in [2.24, 2.45) is 0 Å². The van der Waals surface area contributed by atoms with Crippen LogP contribution in [0.5, 0.6) is 0 Å². The summed E-state index contributed by atoms with van der Waals surface area (Å²) < 4.78 is 70.2. The predicted octanol–water partition coefficient (Wildman–Crippen LogP) is 4.82. The van der Waals surface area contributed by atoms with Gasteiger partial charge in [-0.05, 0) is 42.5 Å². The third kappa shape index (κ3) is 6.07. The highest BCUT2D eigenvalue weighted by Gasteiger charge is 2.34. The van der Waals surface area contributed by atoms with Crippen LogP contribution < -0.4 is 11.0 Å². The van der Waals surface area contributed by atoms with Crippen LogP contribution in [0.2, 0.25) is 5.02 Å². The van der Waals surface area contributed by atoms with Crippen molar-refractivity contribution in [1.29, 1.82) is 0 Å². The van der Waals surface area contributed by atoms with E-state index in [0.717, 1.165) is 22.9 Å². The van der Waals surface area contributed by atoms with Crippen LogP contribution in [0.3, 0.4) is 0 Å². The summed E-state index contributed by atoms with van der Waals surface area (Å²) in [5.41, 5.74) is -1.84. The van der Waals surface area contributed by atoms with Crippen LogP contribution in [-0.2, 0) is 25.8 Å². The van der Waals surface area contributed by atoms with Gasteiger partial charge in [0.2, 0.25) is 0 Å². The Morgan fingerprint density at radius 3 is 2.32 bits per heavy atom. The molecule has 0 bridgehead atoms. The lowest BCUT2D eigenvalue weighted by Gasteiger charge is -2.16. The third-order valence-corrected chi connectivity index (χ3v) is 5.85. The van der Waals surface area contributed by atoms with Crippen LogP contribution in [0.15, 0.2) is 71.5 Å². The van der Waals surface area contributed by atoms with Gasteiger partial charge in [-0.3, -0.25) is 9.88 Å². The molecule has 0 aliphatic carbocycles. The number of hydrogen-bond acceptors (Lipinski definition) is 4. The van der Waals surface area contributed by atoms with Crippen LogP contribution in [0.25, 0.3) is 11.4 Å². The lowest BCUT2D eigenvalue weighted by molar-refractivity contribution is -0.138. The number of aliphatic hydroxyl groups excluding tert-OH is 1. The highest BCUT2D eigenvalue weighted by atomic mass is 35.5. The van der Waals surface area contributed by atoms with Gasteiger partial charge in [-0.25, -0.2) is 18.3 Å². The summed E-state index contributed by atoms with van der Waals surface area (Å²) in [7, 11) is 0. The fraction of sp³-hybridized carbons (Fsp3) is 0.200. The van der Waals surface area contributed by atoms with E-state index in [2.05, 4.69) is 10.4 Å². The topological polar surface area (TPSA) is 72.1 Å². The molecule has 2 N–H and O–H groups in total. The van der Waals surface area contributed by atoms with Crippen LogP contribution in [0.4, 0.5) is 22.0 Å². The molecule has 37 heavy (non-hydrogen) atoms. The highest BCUT2D eigenvalue weighted by Crippen LogP contribution is 2.33. The van der Waals surface area contributed by atoms with Crippen molar-refractivity contribution >= 4 is 11.6 Å². The maximum atomic E-state index is 14.3. The SMILES string of the molecule is O=c1n(CC(O)NCc2c(F)cccc2C(F)(F)F)nc(-c2ccc(Cl)cc2)n1Cc1ccccc1F. The molecule has 1 heterocycles. The van der Waals surface area contributed by atoms with Gasteiger partial charge in [0, 0.05) is 28.3 Å². The van der Waals surface area contributed by atoms with Crippen molar-refractivity contribution in [3.05, 3.63) is 111 Å². The van der Waals surface area contributed by atoms with Crippen molar-refractivity contribution < 1.29 is 27.1 Å². The van der Waals surface area contributed by atoms with E-state index in [0.29, 0.717) is 10.6 Å². The Bertz CT molecular complexity index is 1450. The lowest BCUT2D eigenvalue weighted by atomic mass is 10.1. The first-order chi connectivity index (χ1) is 17.5. The summed E-state index contributed by atoms with van der Waals surface area (Å²) in [5, 5.41) is 17.5. The molecule has 4 aromatic rings. The molecule has 0 radical (unpaired) electrons. The van der Waals surface area contributed by atoms with Crippen molar-refractivity contribution in [3.8, 4) is 11.4 Å². The fourth-order valence-corrected chi connectivity index (χ4v) is 3.89. The van der Waals surface area contributed by atoms with Gasteiger partial charge in [-0.2, -0.15) is 13.2 Å². The minimum Gasteiger partial charge on any atom is -0.377 e. The molecule has 0 aliphatic rings. The Labute approximate surface area is 212 Å². The summed E-state index contributed by atoms with van der Waals surface area (Å²) in [4.78, 5) is 13.2. The minimum atomic E-state index is -4.79. The first-order valence-electron chi connectivity index (χ1n) is 11.0. The van der Waals surface area contributed by atoms with E-state index in [1.54, 1.807) is 30.3 Å². The molecule has 0 spiro atoms. The van der Waals surface area contributed by atoms with Crippen molar-refractivity contribution in [2.45, 2.75) is 32.0 Å². The number of aliphatic hydroxyl groups is 1. The maximum absolute atomic E-state index is 14.3. The number of alkyl halides is 3. The van der Waals surface area contributed by atoms with Gasteiger partial charge in [0.25, 0.3) is 0 Å². The molecule has 1 aromatic heterocycles. The first-order valence-corrected chi connectivity index (χ1v) is 11.4. The molecule has 1 atom stereocenters. The highest BCUT2D eigenvalue weighted by molar-refractivity contribution is 6.30. The van der Waals surface area contributed by atoms with Crippen molar-refractivity contribution in [3.63, 3.8) is 0 Å². The molecule has 3 aromatic carbocycles. The van der Waals surface area contributed by atoms with Gasteiger partial charge >= 0.3 is 11.9 Å². The Hall–Kier alpha value is -3.54. The molecule has 0 saturated carbocycles. The lowest BCUT2D eigenvalue weighted by Crippen LogP contribution is -2.37. The molecular formula is C25H20ClF5N4O2. The molecule has 4 rings (SSSR count). The van der Waals surface area contributed by atoms with E-state index in [1.165, 1.54) is 22.8 Å². The molecule has 0 aliphatic heterocycles. The number of benzene rings is 3. The van der Waals surface area contributed by atoms with E-state index >= 15 is 0 Å². The van der Waals surface area contributed by atoms with Crippen LogP contribution in [-0.4, -0.2) is 25.7 Å². The van der Waals surface area contributed by atoms with E-state index in [-0.39, 0.29) is 17.9 Å². The summed E-state index contributed by atoms with van der Waals surface area (Å²) >= 11 is 5.95. The van der Waals surface area contributed by atoms with Gasteiger partial charge in [-0.15, -0.1) is 5.10 Å². The second-order valence-electron chi connectivity index (χ2n) is 8.13. The largest absolute Gasteiger partial charge is 0.416 e. The summed E-state index contributed by atoms with van der Waals surface area (Å²) in [6.45, 7) is -1.30. The first kappa shape index (κ1) is 26.5. The van der Waals surface area contributed by atoms with Crippen molar-refractivity contribution in [1.82, 2.24) is 19.7 Å². The minimum absolute atomic E-state index is 0.158. The summed E-state index contributed by atoms with van der Waals surface area (Å²) in [6, 6.07) is 14.8. The van der Waals surface area contributed by atoms with E-state index in [9.17, 15) is 31.9 Å². The van der Waals surface area contributed by atoms with Gasteiger partial charge in [-0.1, -0.05) is 35.9 Å². The zero-order chi connectivity index (χ0) is 26.7. The zero-order valence-electron chi connectivity index (χ0n) is 19.0. The Morgan fingerprint density at radius 1 is 0.973 bits per heavy atom. The number of rotatable bonds is 8. The number of halogens is 6. The van der Waals surface area contributed by atoms with E-state index in [4.69, 9.17) is 11.6 Å². The Kier molecular flexibility index (Phi) is 7.76. The Morgan fingerprint density at radius 2 is 1.65 bits per heavy atom. The summed E-state index contributed by atoms with van der Waals surface area (Å²) in [5.74, 6) is -1.47. The smallest absolute Gasteiger partial charge is 0.377 e. The second-order valence-corrected chi connectivity index (χ2v) is 8.57. The zero-order valence-corrected chi connectivity index (χ0v) is 19.8. The fourth-order valence-electron chi connectivity index (χ4n) is 3.76. The molecule has 6 nitrogen and oxygen atoms in total. The molecule has 194 valence electrons. The average molecular weight is 539 g/mol. The number of hydrogen-bond donors (Lipinski definition) is 2. The molecule has 0 amide bonds. The van der Waals surface area contributed by atoms with E-state index in [1.807, 2.05) is 0 Å². The molecule has 0 fully saturated rings. The van der Waals surface area contributed by atoms with E-state index < -0.39 is 53.9 Å². The second kappa shape index (κ2) is 10.8. The molecule has 12 heteroatoms. The quantitative estimate of drug-likeness (QED) is 0.249.